The Hall–Kier alpha value is -3.65. The fourth-order valence-electron chi connectivity index (χ4n) is 4.05. The monoisotopic (exact) mass is 388 g/mol. The molecule has 8 nitrogen and oxygen atoms in total. The first-order valence-corrected chi connectivity index (χ1v) is 9.51. The molecule has 0 fully saturated rings. The minimum atomic E-state index is -0.295. The largest absolute Gasteiger partial charge is 0.344 e. The molecule has 0 amide bonds. The van der Waals surface area contributed by atoms with Crippen molar-refractivity contribution < 1.29 is 0 Å². The Balaban J connectivity index is 1.81. The maximum atomic E-state index is 13.0. The molecule has 2 aromatic carbocycles. The molecule has 0 saturated heterocycles. The fourth-order valence-corrected chi connectivity index (χ4v) is 4.05. The van der Waals surface area contributed by atoms with Gasteiger partial charge in [-0.15, -0.1) is 0 Å². The predicted octanol–water partition coefficient (Wildman–Crippen LogP) is 2.37. The summed E-state index contributed by atoms with van der Waals surface area (Å²) < 4.78 is 2.19. The quantitative estimate of drug-likeness (QED) is 0.377. The molecule has 5 rings (SSSR count). The summed E-state index contributed by atoms with van der Waals surface area (Å²) in [5, 5.41) is 0.982. The van der Waals surface area contributed by atoms with Gasteiger partial charge in [-0.1, -0.05) is 18.2 Å². The highest BCUT2D eigenvalue weighted by Gasteiger charge is 2.19. The van der Waals surface area contributed by atoms with E-state index in [1.165, 1.54) is 0 Å². The van der Waals surface area contributed by atoms with Crippen LogP contribution in [-0.2, 0) is 6.54 Å². The van der Waals surface area contributed by atoms with Crippen LogP contribution in [0.4, 0.5) is 0 Å². The molecule has 0 spiro atoms. The number of nitrogens with one attached hydrogen (secondary N) is 3. The van der Waals surface area contributed by atoms with Crippen LogP contribution in [0.2, 0.25) is 0 Å². The van der Waals surface area contributed by atoms with Gasteiger partial charge in [0.25, 0.3) is 5.56 Å². The van der Waals surface area contributed by atoms with Crippen LogP contribution in [-0.4, -0.2) is 31.0 Å². The van der Waals surface area contributed by atoms with E-state index in [1.807, 2.05) is 31.2 Å². The van der Waals surface area contributed by atoms with E-state index in [0.29, 0.717) is 34.3 Å². The van der Waals surface area contributed by atoms with Crippen molar-refractivity contribution in [2.75, 3.05) is 6.54 Å². The highest BCUT2D eigenvalue weighted by atomic mass is 16.1. The van der Waals surface area contributed by atoms with Crippen LogP contribution in [0.3, 0.4) is 0 Å². The van der Waals surface area contributed by atoms with Crippen molar-refractivity contribution >= 4 is 33.0 Å². The van der Waals surface area contributed by atoms with Gasteiger partial charge in [0, 0.05) is 28.7 Å². The van der Waals surface area contributed by atoms with Gasteiger partial charge in [-0.25, -0.2) is 9.78 Å². The highest BCUT2D eigenvalue weighted by molar-refractivity contribution is 5.98. The van der Waals surface area contributed by atoms with Gasteiger partial charge in [0.05, 0.1) is 22.1 Å². The van der Waals surface area contributed by atoms with Crippen molar-refractivity contribution in [3.8, 4) is 11.3 Å². The van der Waals surface area contributed by atoms with E-state index in [-0.39, 0.29) is 11.2 Å². The fraction of sp³-hybridized carbons (Fsp3) is 0.190. The van der Waals surface area contributed by atoms with E-state index in [1.54, 1.807) is 12.1 Å². The Labute approximate surface area is 164 Å². The lowest BCUT2D eigenvalue weighted by molar-refractivity contribution is 0.657. The third-order valence-corrected chi connectivity index (χ3v) is 5.38. The van der Waals surface area contributed by atoms with Crippen molar-refractivity contribution in [1.29, 1.82) is 0 Å². The molecule has 0 atom stereocenters. The van der Waals surface area contributed by atoms with Crippen molar-refractivity contribution in [3.05, 3.63) is 62.9 Å². The van der Waals surface area contributed by atoms with Gasteiger partial charge in [-0.2, -0.15) is 0 Å². The Kier molecular flexibility index (Phi) is 3.88. The zero-order valence-electron chi connectivity index (χ0n) is 15.9. The standard InChI is InChI=1S/C21H20N6O2/c1-11-18(12-5-2-3-6-17(12)27(11)8-4-7-22)19-20(28)24-14-10-16-15(9-13(14)23-19)25-21(29)26-16/h2-3,5-6,9-10H,4,7-8,22H2,1H3,(H,24,28)(H2,25,26,29). The summed E-state index contributed by atoms with van der Waals surface area (Å²) in [5.74, 6) is 0. The number of imidazole rings is 1. The summed E-state index contributed by atoms with van der Waals surface area (Å²) >= 11 is 0. The van der Waals surface area contributed by atoms with E-state index in [0.717, 1.165) is 35.1 Å². The minimum absolute atomic E-state index is 0.264. The maximum absolute atomic E-state index is 13.0. The normalized spacial score (nSPS) is 11.8. The highest BCUT2D eigenvalue weighted by Crippen LogP contribution is 2.33. The number of benzene rings is 2. The topological polar surface area (TPSA) is 125 Å². The van der Waals surface area contributed by atoms with E-state index in [4.69, 9.17) is 10.7 Å². The van der Waals surface area contributed by atoms with Crippen LogP contribution in [0.1, 0.15) is 12.1 Å². The second-order valence-corrected chi connectivity index (χ2v) is 7.18. The summed E-state index contributed by atoms with van der Waals surface area (Å²) in [6, 6.07) is 11.5. The van der Waals surface area contributed by atoms with Gasteiger partial charge < -0.3 is 25.3 Å². The minimum Gasteiger partial charge on any atom is -0.344 e. The number of aromatic nitrogens is 5. The number of hydrogen-bond acceptors (Lipinski definition) is 4. The zero-order valence-corrected chi connectivity index (χ0v) is 15.9. The van der Waals surface area contributed by atoms with Crippen molar-refractivity contribution in [1.82, 2.24) is 24.5 Å². The van der Waals surface area contributed by atoms with Gasteiger partial charge in [0.15, 0.2) is 0 Å². The molecular formula is C21H20N6O2. The average molecular weight is 388 g/mol. The molecule has 3 heterocycles. The summed E-state index contributed by atoms with van der Waals surface area (Å²) in [6.07, 6.45) is 0.847. The Morgan fingerprint density at radius 2 is 1.79 bits per heavy atom. The Morgan fingerprint density at radius 3 is 2.59 bits per heavy atom. The third-order valence-electron chi connectivity index (χ3n) is 5.38. The molecule has 0 bridgehead atoms. The van der Waals surface area contributed by atoms with Crippen molar-refractivity contribution in [2.45, 2.75) is 19.9 Å². The molecule has 0 saturated carbocycles. The number of nitrogens with zero attached hydrogens (tertiary/aromatic N) is 2. The van der Waals surface area contributed by atoms with E-state index in [2.05, 4.69) is 19.5 Å². The van der Waals surface area contributed by atoms with Crippen LogP contribution < -0.4 is 17.0 Å². The van der Waals surface area contributed by atoms with Gasteiger partial charge >= 0.3 is 5.69 Å². The number of para-hydroxylation sites is 1. The van der Waals surface area contributed by atoms with Gasteiger partial charge in [-0.3, -0.25) is 4.79 Å². The SMILES string of the molecule is Cc1c(-c2nc3cc4[nH]c(=O)[nH]c4cc3[nH]c2=O)c2ccccc2n1CCCN. The molecule has 0 aliphatic rings. The van der Waals surface area contributed by atoms with Gasteiger partial charge in [-0.05, 0) is 38.1 Å². The molecule has 29 heavy (non-hydrogen) atoms. The Bertz CT molecular complexity index is 1500. The maximum Gasteiger partial charge on any atom is 0.323 e. The molecule has 8 heteroatoms. The third kappa shape index (κ3) is 2.68. The number of hydrogen-bond donors (Lipinski definition) is 4. The van der Waals surface area contributed by atoms with Crippen LogP contribution >= 0.6 is 0 Å². The summed E-state index contributed by atoms with van der Waals surface area (Å²) in [5.41, 5.74) is 10.8. The Morgan fingerprint density at radius 1 is 1.03 bits per heavy atom. The summed E-state index contributed by atoms with van der Waals surface area (Å²) in [6.45, 7) is 3.38. The molecule has 5 N–H and O–H groups in total. The first kappa shape index (κ1) is 17.4. The molecule has 5 aromatic rings. The van der Waals surface area contributed by atoms with Crippen LogP contribution in [0, 0.1) is 6.92 Å². The van der Waals surface area contributed by atoms with Gasteiger partial charge in [0.2, 0.25) is 0 Å². The molecule has 0 aliphatic heterocycles. The summed E-state index contributed by atoms with van der Waals surface area (Å²) in [4.78, 5) is 37.6. The zero-order chi connectivity index (χ0) is 20.1. The lowest BCUT2D eigenvalue weighted by Crippen LogP contribution is -2.12. The second kappa shape index (κ2) is 6.46. The number of rotatable bonds is 4. The number of nitrogens with two attached hydrogens (primary N) is 1. The number of aryl methyl sites for hydroxylation is 1. The van der Waals surface area contributed by atoms with Crippen LogP contribution in [0.25, 0.3) is 44.2 Å². The first-order chi connectivity index (χ1) is 14.1. The van der Waals surface area contributed by atoms with Crippen molar-refractivity contribution in [3.63, 3.8) is 0 Å². The van der Waals surface area contributed by atoms with Crippen LogP contribution in [0.15, 0.2) is 46.0 Å². The number of H-pyrrole nitrogens is 3. The van der Waals surface area contributed by atoms with E-state index < -0.39 is 0 Å². The molecular weight excluding hydrogens is 368 g/mol. The lowest BCUT2D eigenvalue weighted by Gasteiger charge is -2.08. The molecule has 0 radical (unpaired) electrons. The molecule has 146 valence electrons. The van der Waals surface area contributed by atoms with Crippen molar-refractivity contribution in [2.24, 2.45) is 5.73 Å². The molecule has 3 aromatic heterocycles. The number of aromatic amines is 3. The predicted molar refractivity (Wildman–Crippen MR) is 114 cm³/mol. The average Bonchev–Trinajstić information content (AvgIpc) is 3.19. The van der Waals surface area contributed by atoms with Crippen LogP contribution in [0.5, 0.6) is 0 Å². The van der Waals surface area contributed by atoms with E-state index in [9.17, 15) is 9.59 Å². The van der Waals surface area contributed by atoms with Gasteiger partial charge in [0.1, 0.15) is 5.69 Å². The lowest BCUT2D eigenvalue weighted by atomic mass is 10.1. The van der Waals surface area contributed by atoms with E-state index >= 15 is 0 Å². The number of fused-ring (bicyclic) bond motifs is 3. The smallest absolute Gasteiger partial charge is 0.323 e. The summed E-state index contributed by atoms with van der Waals surface area (Å²) in [7, 11) is 0. The second-order valence-electron chi connectivity index (χ2n) is 7.18. The molecule has 0 aliphatic carbocycles. The molecule has 0 unspecified atom stereocenters. The first-order valence-electron chi connectivity index (χ1n) is 9.51.